The molecule has 2 aromatic carbocycles. The van der Waals surface area contributed by atoms with Crippen molar-refractivity contribution in [3.05, 3.63) is 80.7 Å². The van der Waals surface area contributed by atoms with Crippen molar-refractivity contribution < 1.29 is 14.1 Å². The minimum Gasteiger partial charge on any atom is -0.407 e. The van der Waals surface area contributed by atoms with Gasteiger partial charge < -0.3 is 4.42 Å². The molecule has 132 valence electrons. The fraction of sp³-hybridized carbons (Fsp3) is 0.167. The summed E-state index contributed by atoms with van der Waals surface area (Å²) in [5.41, 5.74) is 2.49. The molecule has 1 N–H and O–H groups in total. The Balaban J connectivity index is 1.73. The number of rotatable bonds is 5. The number of carbonyl (C=O) groups excluding carboxylic acids is 1. The Labute approximate surface area is 149 Å². The number of aryl methyl sites for hydroxylation is 1. The molecule has 0 bridgehead atoms. The van der Waals surface area contributed by atoms with Gasteiger partial charge in [-0.2, -0.15) is 0 Å². The van der Waals surface area contributed by atoms with Crippen LogP contribution in [0.25, 0.3) is 0 Å². The predicted molar refractivity (Wildman–Crippen MR) is 94.1 cm³/mol. The summed E-state index contributed by atoms with van der Waals surface area (Å²) in [6.07, 6.45) is 0.443. The molecule has 0 radical (unpaired) electrons. The van der Waals surface area contributed by atoms with E-state index in [1.54, 1.807) is 0 Å². The van der Waals surface area contributed by atoms with E-state index in [1.807, 2.05) is 31.2 Å². The number of benzene rings is 2. The van der Waals surface area contributed by atoms with Gasteiger partial charge in [0, 0.05) is 17.2 Å². The number of nitrogens with one attached hydrogen (secondary N) is 1. The molecule has 0 saturated carbocycles. The summed E-state index contributed by atoms with van der Waals surface area (Å²) in [5.74, 6) is -0.184. The first kappa shape index (κ1) is 17.3. The highest BCUT2D eigenvalue weighted by Crippen LogP contribution is 2.22. The molecule has 0 fully saturated rings. The molecule has 8 nitrogen and oxygen atoms in total. The molecule has 8 heteroatoms. The Bertz CT molecular complexity index is 964. The lowest BCUT2D eigenvalue weighted by Crippen LogP contribution is -2.14. The topological polar surface area (TPSA) is 111 Å². The molecular formula is C18H16N4O4. The van der Waals surface area contributed by atoms with Crippen LogP contribution in [0, 0.1) is 24.0 Å². The van der Waals surface area contributed by atoms with Crippen LogP contribution < -0.4 is 5.32 Å². The van der Waals surface area contributed by atoms with E-state index >= 15 is 0 Å². The van der Waals surface area contributed by atoms with E-state index in [-0.39, 0.29) is 22.8 Å². The summed E-state index contributed by atoms with van der Waals surface area (Å²) in [5, 5.41) is 21.2. The van der Waals surface area contributed by atoms with E-state index in [0.717, 1.165) is 11.1 Å². The van der Waals surface area contributed by atoms with Crippen molar-refractivity contribution in [3.8, 4) is 0 Å². The van der Waals surface area contributed by atoms with Crippen LogP contribution in [0.1, 0.15) is 32.9 Å². The van der Waals surface area contributed by atoms with E-state index in [1.165, 1.54) is 25.1 Å². The molecule has 0 saturated heterocycles. The van der Waals surface area contributed by atoms with Gasteiger partial charge in [0.2, 0.25) is 5.89 Å². The summed E-state index contributed by atoms with van der Waals surface area (Å²) in [6, 6.07) is 12.1. The number of anilines is 1. The third-order valence-electron chi connectivity index (χ3n) is 3.91. The van der Waals surface area contributed by atoms with Gasteiger partial charge in [0.05, 0.1) is 11.3 Å². The highest BCUT2D eigenvalue weighted by Gasteiger charge is 2.19. The highest BCUT2D eigenvalue weighted by molar-refractivity contribution is 6.04. The summed E-state index contributed by atoms with van der Waals surface area (Å²) < 4.78 is 5.44. The standard InChI is InChI=1S/C18H16N4O4/c1-11-6-8-13(9-7-11)10-16-20-21-18(26-16)19-17(23)14-4-3-5-15(12(14)2)22(24)25/h3-9H,10H2,1-2H3,(H,19,21,23). The molecule has 0 unspecified atom stereocenters. The molecule has 0 spiro atoms. The van der Waals surface area contributed by atoms with Crippen molar-refractivity contribution in [3.63, 3.8) is 0 Å². The lowest BCUT2D eigenvalue weighted by molar-refractivity contribution is -0.385. The number of hydrogen-bond donors (Lipinski definition) is 1. The van der Waals surface area contributed by atoms with Gasteiger partial charge in [-0.1, -0.05) is 41.0 Å². The van der Waals surface area contributed by atoms with Gasteiger partial charge in [-0.3, -0.25) is 20.2 Å². The first-order valence-electron chi connectivity index (χ1n) is 7.87. The van der Waals surface area contributed by atoms with Crippen LogP contribution in [0.4, 0.5) is 11.7 Å². The zero-order valence-electron chi connectivity index (χ0n) is 14.2. The van der Waals surface area contributed by atoms with Crippen LogP contribution in [0.2, 0.25) is 0 Å². The number of nitro benzene ring substituents is 1. The maximum Gasteiger partial charge on any atom is 0.322 e. The van der Waals surface area contributed by atoms with Gasteiger partial charge in [0.15, 0.2) is 0 Å². The van der Waals surface area contributed by atoms with E-state index in [2.05, 4.69) is 15.5 Å². The lowest BCUT2D eigenvalue weighted by Gasteiger charge is -2.04. The molecule has 1 amide bonds. The quantitative estimate of drug-likeness (QED) is 0.556. The average molecular weight is 352 g/mol. The maximum atomic E-state index is 12.4. The zero-order valence-corrected chi connectivity index (χ0v) is 14.2. The fourth-order valence-corrected chi connectivity index (χ4v) is 2.49. The third-order valence-corrected chi connectivity index (χ3v) is 3.91. The normalized spacial score (nSPS) is 10.5. The molecule has 0 aliphatic rings. The van der Waals surface area contributed by atoms with Gasteiger partial charge in [-0.25, -0.2) is 0 Å². The van der Waals surface area contributed by atoms with Gasteiger partial charge in [-0.15, -0.1) is 5.10 Å². The second-order valence-electron chi connectivity index (χ2n) is 5.82. The largest absolute Gasteiger partial charge is 0.407 e. The Morgan fingerprint density at radius 2 is 1.88 bits per heavy atom. The first-order chi connectivity index (χ1) is 12.4. The smallest absolute Gasteiger partial charge is 0.322 e. The van der Waals surface area contributed by atoms with Crippen LogP contribution in [0.5, 0.6) is 0 Å². The van der Waals surface area contributed by atoms with E-state index in [4.69, 9.17) is 4.42 Å². The van der Waals surface area contributed by atoms with Gasteiger partial charge >= 0.3 is 6.01 Å². The number of aromatic nitrogens is 2. The second-order valence-corrected chi connectivity index (χ2v) is 5.82. The summed E-state index contributed by atoms with van der Waals surface area (Å²) in [6.45, 7) is 3.52. The van der Waals surface area contributed by atoms with Crippen LogP contribution >= 0.6 is 0 Å². The Morgan fingerprint density at radius 3 is 2.58 bits per heavy atom. The Kier molecular flexibility index (Phi) is 4.74. The average Bonchev–Trinajstić information content (AvgIpc) is 3.03. The maximum absolute atomic E-state index is 12.4. The summed E-state index contributed by atoms with van der Waals surface area (Å²) in [7, 11) is 0. The van der Waals surface area contributed by atoms with Crippen LogP contribution in [0.15, 0.2) is 46.9 Å². The SMILES string of the molecule is Cc1ccc(Cc2nnc(NC(=O)c3cccc([N+](=O)[O-])c3C)o2)cc1. The van der Waals surface area contributed by atoms with E-state index in [0.29, 0.717) is 12.3 Å². The molecular weight excluding hydrogens is 336 g/mol. The number of nitro groups is 1. The molecule has 26 heavy (non-hydrogen) atoms. The lowest BCUT2D eigenvalue weighted by atomic mass is 10.1. The van der Waals surface area contributed by atoms with Crippen molar-refractivity contribution in [2.75, 3.05) is 5.32 Å². The highest BCUT2D eigenvalue weighted by atomic mass is 16.6. The zero-order chi connectivity index (χ0) is 18.7. The minimum atomic E-state index is -0.545. The fourth-order valence-electron chi connectivity index (χ4n) is 2.49. The van der Waals surface area contributed by atoms with E-state index in [9.17, 15) is 14.9 Å². The first-order valence-corrected chi connectivity index (χ1v) is 7.87. The minimum absolute atomic E-state index is 0.0528. The second kappa shape index (κ2) is 7.14. The molecule has 0 aliphatic heterocycles. The molecule has 1 aromatic heterocycles. The number of carbonyl (C=O) groups is 1. The van der Waals surface area contributed by atoms with Gasteiger partial charge in [0.1, 0.15) is 0 Å². The van der Waals surface area contributed by atoms with Gasteiger partial charge in [-0.05, 0) is 25.5 Å². The van der Waals surface area contributed by atoms with Crippen molar-refractivity contribution >= 4 is 17.6 Å². The molecule has 0 aliphatic carbocycles. The Hall–Kier alpha value is -3.55. The molecule has 3 aromatic rings. The van der Waals surface area contributed by atoms with Crippen LogP contribution in [0.3, 0.4) is 0 Å². The van der Waals surface area contributed by atoms with Gasteiger partial charge in [0.25, 0.3) is 11.6 Å². The molecule has 1 heterocycles. The molecule has 3 rings (SSSR count). The van der Waals surface area contributed by atoms with Crippen molar-refractivity contribution in [2.45, 2.75) is 20.3 Å². The van der Waals surface area contributed by atoms with Crippen LogP contribution in [-0.2, 0) is 6.42 Å². The van der Waals surface area contributed by atoms with Crippen molar-refractivity contribution in [1.29, 1.82) is 0 Å². The number of nitrogens with zero attached hydrogens (tertiary/aromatic N) is 3. The van der Waals surface area contributed by atoms with Crippen LogP contribution in [-0.4, -0.2) is 21.0 Å². The number of amides is 1. The number of hydrogen-bond acceptors (Lipinski definition) is 6. The predicted octanol–water partition coefficient (Wildman–Crippen LogP) is 3.44. The monoisotopic (exact) mass is 352 g/mol. The summed E-state index contributed by atoms with van der Waals surface area (Å²) >= 11 is 0. The third kappa shape index (κ3) is 3.75. The van der Waals surface area contributed by atoms with Crippen molar-refractivity contribution in [1.82, 2.24) is 10.2 Å². The van der Waals surface area contributed by atoms with E-state index < -0.39 is 10.8 Å². The Morgan fingerprint density at radius 1 is 1.15 bits per heavy atom. The van der Waals surface area contributed by atoms with Crippen molar-refractivity contribution in [2.24, 2.45) is 0 Å². The molecule has 0 atom stereocenters. The summed E-state index contributed by atoms with van der Waals surface area (Å²) in [4.78, 5) is 22.8.